The first-order valence-corrected chi connectivity index (χ1v) is 7.67. The summed E-state index contributed by atoms with van der Waals surface area (Å²) in [6.45, 7) is 0. The molecule has 0 atom stereocenters. The summed E-state index contributed by atoms with van der Waals surface area (Å²) >= 11 is 3.18. The lowest BCUT2D eigenvalue weighted by Crippen LogP contribution is -2.14. The molecule has 0 aliphatic heterocycles. The number of carbonyl (C=O) groups excluding carboxylic acids is 1. The Labute approximate surface area is 145 Å². The number of pyridine rings is 1. The highest BCUT2D eigenvalue weighted by molar-refractivity contribution is 9.10. The van der Waals surface area contributed by atoms with E-state index in [0.29, 0.717) is 21.8 Å². The van der Waals surface area contributed by atoms with Gasteiger partial charge < -0.3 is 10.6 Å². The lowest BCUT2D eigenvalue weighted by atomic mass is 10.2. The van der Waals surface area contributed by atoms with E-state index in [9.17, 15) is 9.18 Å². The predicted octanol–water partition coefficient (Wildman–Crippen LogP) is 3.77. The van der Waals surface area contributed by atoms with Crippen molar-refractivity contribution < 1.29 is 9.18 Å². The van der Waals surface area contributed by atoms with Gasteiger partial charge in [0.25, 0.3) is 5.91 Å². The van der Waals surface area contributed by atoms with E-state index in [1.807, 2.05) is 0 Å². The van der Waals surface area contributed by atoms with Gasteiger partial charge in [0.1, 0.15) is 23.8 Å². The van der Waals surface area contributed by atoms with E-state index in [2.05, 4.69) is 41.5 Å². The molecule has 0 saturated heterocycles. The zero-order chi connectivity index (χ0) is 16.9. The predicted molar refractivity (Wildman–Crippen MR) is 91.6 cm³/mol. The normalized spacial score (nSPS) is 10.2. The minimum Gasteiger partial charge on any atom is -0.325 e. The zero-order valence-corrected chi connectivity index (χ0v) is 13.8. The summed E-state index contributed by atoms with van der Waals surface area (Å²) in [5, 5.41) is 5.63. The molecular weight excluding hydrogens is 377 g/mol. The maximum Gasteiger partial charge on any atom is 0.259 e. The molecule has 0 aliphatic carbocycles. The minimum atomic E-state index is -0.602. The Morgan fingerprint density at radius 1 is 1.08 bits per heavy atom. The Morgan fingerprint density at radius 2 is 1.96 bits per heavy atom. The summed E-state index contributed by atoms with van der Waals surface area (Å²) < 4.78 is 14.2. The Hall–Kier alpha value is -2.87. The number of hydrogen-bond acceptors (Lipinski definition) is 5. The molecular formula is C16H11BrFN5O. The highest BCUT2D eigenvalue weighted by Crippen LogP contribution is 2.22. The first kappa shape index (κ1) is 16.0. The van der Waals surface area contributed by atoms with Crippen LogP contribution in [-0.4, -0.2) is 20.9 Å². The molecule has 0 aliphatic rings. The van der Waals surface area contributed by atoms with Gasteiger partial charge in [-0.1, -0.05) is 6.07 Å². The van der Waals surface area contributed by atoms with Gasteiger partial charge in [-0.3, -0.25) is 4.79 Å². The number of nitrogens with one attached hydrogen (secondary N) is 2. The Kier molecular flexibility index (Phi) is 4.76. The molecule has 1 aromatic carbocycles. The summed E-state index contributed by atoms with van der Waals surface area (Å²) in [5.74, 6) is -0.105. The van der Waals surface area contributed by atoms with Crippen LogP contribution < -0.4 is 10.6 Å². The molecule has 6 nitrogen and oxygen atoms in total. The van der Waals surface area contributed by atoms with E-state index in [4.69, 9.17) is 0 Å². The second-order valence-electron chi connectivity index (χ2n) is 4.70. The lowest BCUT2D eigenvalue weighted by molar-refractivity contribution is 0.102. The van der Waals surface area contributed by atoms with Crippen molar-refractivity contribution in [2.75, 3.05) is 10.6 Å². The van der Waals surface area contributed by atoms with Crippen molar-refractivity contribution in [1.29, 1.82) is 0 Å². The molecule has 3 rings (SSSR count). The van der Waals surface area contributed by atoms with Crippen LogP contribution in [0.5, 0.6) is 0 Å². The van der Waals surface area contributed by atoms with Gasteiger partial charge >= 0.3 is 0 Å². The molecule has 0 unspecified atom stereocenters. The second kappa shape index (κ2) is 7.14. The van der Waals surface area contributed by atoms with Crippen LogP contribution in [0.15, 0.2) is 59.6 Å². The molecule has 0 fully saturated rings. The summed E-state index contributed by atoms with van der Waals surface area (Å²) in [4.78, 5) is 24.3. The molecule has 1 amide bonds. The van der Waals surface area contributed by atoms with Crippen molar-refractivity contribution in [3.8, 4) is 0 Å². The minimum absolute atomic E-state index is 0.0559. The molecule has 0 bridgehead atoms. The number of halogens is 2. The first-order valence-electron chi connectivity index (χ1n) is 6.88. The van der Waals surface area contributed by atoms with Gasteiger partial charge in [-0.15, -0.1) is 0 Å². The lowest BCUT2D eigenvalue weighted by Gasteiger charge is -2.09. The molecule has 24 heavy (non-hydrogen) atoms. The third kappa shape index (κ3) is 3.72. The number of amides is 1. The van der Waals surface area contributed by atoms with Crippen molar-refractivity contribution in [2.45, 2.75) is 0 Å². The highest BCUT2D eigenvalue weighted by Gasteiger charge is 2.15. The molecule has 2 N–H and O–H groups in total. The standard InChI is InChI=1S/C16H11BrFN5O/c17-11-2-1-3-12(18)15(11)16(24)22-10-4-7-20-14(8-10)23-13-5-6-19-9-21-13/h1-9H,(H2,19,20,21,22,23,24). The van der Waals surface area contributed by atoms with E-state index in [1.165, 1.54) is 24.7 Å². The fourth-order valence-corrected chi connectivity index (χ4v) is 2.50. The Balaban J connectivity index is 1.78. The molecule has 120 valence electrons. The van der Waals surface area contributed by atoms with Crippen molar-refractivity contribution in [1.82, 2.24) is 15.0 Å². The fourth-order valence-electron chi connectivity index (χ4n) is 1.98. The molecule has 0 radical (unpaired) electrons. The van der Waals surface area contributed by atoms with Gasteiger partial charge in [0, 0.05) is 28.6 Å². The first-order chi connectivity index (χ1) is 11.6. The van der Waals surface area contributed by atoms with Crippen molar-refractivity contribution in [2.24, 2.45) is 0 Å². The highest BCUT2D eigenvalue weighted by atomic mass is 79.9. The summed E-state index contributed by atoms with van der Waals surface area (Å²) in [5.41, 5.74) is 0.418. The molecule has 8 heteroatoms. The van der Waals surface area contributed by atoms with E-state index in [-0.39, 0.29) is 5.56 Å². The maximum atomic E-state index is 13.8. The van der Waals surface area contributed by atoms with E-state index in [0.717, 1.165) is 0 Å². The zero-order valence-electron chi connectivity index (χ0n) is 12.2. The molecule has 0 spiro atoms. The summed E-state index contributed by atoms with van der Waals surface area (Å²) in [6.07, 6.45) is 4.52. The SMILES string of the molecule is O=C(Nc1ccnc(Nc2ccncn2)c1)c1c(F)cccc1Br. The van der Waals surface area contributed by atoms with E-state index >= 15 is 0 Å². The fraction of sp³-hybridized carbons (Fsp3) is 0. The number of aromatic nitrogens is 3. The second-order valence-corrected chi connectivity index (χ2v) is 5.55. The molecule has 0 saturated carbocycles. The van der Waals surface area contributed by atoms with E-state index in [1.54, 1.807) is 30.5 Å². The monoisotopic (exact) mass is 387 g/mol. The van der Waals surface area contributed by atoms with Gasteiger partial charge in [-0.05, 0) is 40.2 Å². The molecule has 2 aromatic heterocycles. The van der Waals surface area contributed by atoms with Crippen LogP contribution in [0.4, 0.5) is 21.7 Å². The quantitative estimate of drug-likeness (QED) is 0.712. The van der Waals surface area contributed by atoms with Crippen LogP contribution in [0.2, 0.25) is 0 Å². The molecule has 2 heterocycles. The van der Waals surface area contributed by atoms with Gasteiger partial charge in [-0.2, -0.15) is 0 Å². The number of nitrogens with zero attached hydrogens (tertiary/aromatic N) is 3. The van der Waals surface area contributed by atoms with Crippen molar-refractivity contribution in [3.05, 3.63) is 71.0 Å². The summed E-state index contributed by atoms with van der Waals surface area (Å²) in [6, 6.07) is 9.27. The van der Waals surface area contributed by atoms with Crippen molar-refractivity contribution >= 4 is 39.2 Å². The summed E-state index contributed by atoms with van der Waals surface area (Å²) in [7, 11) is 0. The number of rotatable bonds is 4. The van der Waals surface area contributed by atoms with Gasteiger partial charge in [-0.25, -0.2) is 19.3 Å². The largest absolute Gasteiger partial charge is 0.325 e. The van der Waals surface area contributed by atoms with E-state index < -0.39 is 11.7 Å². The van der Waals surface area contributed by atoms with Crippen molar-refractivity contribution in [3.63, 3.8) is 0 Å². The number of benzene rings is 1. The van der Waals surface area contributed by atoms with Crippen LogP contribution in [0.3, 0.4) is 0 Å². The Bertz CT molecular complexity index is 855. The van der Waals surface area contributed by atoms with Crippen LogP contribution in [0.1, 0.15) is 10.4 Å². The van der Waals surface area contributed by atoms with Gasteiger partial charge in [0.15, 0.2) is 0 Å². The number of carbonyl (C=O) groups is 1. The smallest absolute Gasteiger partial charge is 0.259 e. The van der Waals surface area contributed by atoms with Gasteiger partial charge in [0.05, 0.1) is 5.56 Å². The average molecular weight is 388 g/mol. The number of hydrogen-bond donors (Lipinski definition) is 2. The van der Waals surface area contributed by atoms with Crippen LogP contribution in [0.25, 0.3) is 0 Å². The maximum absolute atomic E-state index is 13.8. The van der Waals surface area contributed by atoms with Crippen LogP contribution >= 0.6 is 15.9 Å². The topological polar surface area (TPSA) is 79.8 Å². The third-order valence-corrected chi connectivity index (χ3v) is 3.71. The van der Waals surface area contributed by atoms with Crippen LogP contribution in [0, 0.1) is 5.82 Å². The van der Waals surface area contributed by atoms with Gasteiger partial charge in [0.2, 0.25) is 0 Å². The third-order valence-electron chi connectivity index (χ3n) is 3.05. The number of anilines is 3. The average Bonchev–Trinajstić information content (AvgIpc) is 2.56. The molecule has 3 aromatic rings. The van der Waals surface area contributed by atoms with Crippen LogP contribution in [-0.2, 0) is 0 Å². The Morgan fingerprint density at radius 3 is 2.71 bits per heavy atom.